The molecule has 2 unspecified atom stereocenters. The van der Waals surface area contributed by atoms with E-state index >= 15 is 0 Å². The van der Waals surface area contributed by atoms with Gasteiger partial charge >= 0.3 is 0 Å². The van der Waals surface area contributed by atoms with Gasteiger partial charge in [-0.2, -0.15) is 0 Å². The van der Waals surface area contributed by atoms with E-state index < -0.39 is 0 Å². The maximum atomic E-state index is 2.35. The normalized spacial score (nSPS) is 11.6. The van der Waals surface area contributed by atoms with E-state index in [2.05, 4.69) is 158 Å². The van der Waals surface area contributed by atoms with Crippen LogP contribution in [0.1, 0.15) is 46.2 Å². The summed E-state index contributed by atoms with van der Waals surface area (Å²) in [6.07, 6.45) is 9.10. The first kappa shape index (κ1) is 32.1. The Balaban J connectivity index is 1.03. The van der Waals surface area contributed by atoms with Crippen molar-refractivity contribution < 1.29 is 0 Å². The number of hydrogen-bond donors (Lipinski definition) is 0. The molecule has 0 nitrogen and oxygen atoms in total. The van der Waals surface area contributed by atoms with Gasteiger partial charge in [-0.15, -0.1) is 0 Å². The summed E-state index contributed by atoms with van der Waals surface area (Å²) in [5, 5.41) is 2.89. The predicted molar refractivity (Wildman–Crippen MR) is 205 cm³/mol. The molecule has 46 heavy (non-hydrogen) atoms. The van der Waals surface area contributed by atoms with Crippen molar-refractivity contribution in [3.63, 3.8) is 0 Å². The van der Waals surface area contributed by atoms with Crippen molar-refractivity contribution in [3.8, 4) is 11.1 Å². The fourth-order valence-electron chi connectivity index (χ4n) is 6.13. The van der Waals surface area contributed by atoms with Crippen LogP contribution in [-0.4, -0.2) is 0 Å². The lowest BCUT2D eigenvalue weighted by molar-refractivity contribution is 0.821. The molecule has 6 aromatic carbocycles. The van der Waals surface area contributed by atoms with Gasteiger partial charge in [0.1, 0.15) is 0 Å². The van der Waals surface area contributed by atoms with E-state index in [4.69, 9.17) is 0 Å². The Kier molecular flexibility index (Phi) is 12.0. The second kappa shape index (κ2) is 17.2. The molecule has 2 atom stereocenters. The molecule has 0 aliphatic carbocycles. The first-order valence-electron chi connectivity index (χ1n) is 16.7. The van der Waals surface area contributed by atoms with Gasteiger partial charge in [0, 0.05) is 0 Å². The Morgan fingerprint density at radius 2 is 0.630 bits per heavy atom. The minimum Gasteiger partial charge on any atom is -0.0859 e. The molecule has 6 rings (SSSR count). The molecule has 0 saturated heterocycles. The highest BCUT2D eigenvalue weighted by atomic mass is 31.1. The van der Waals surface area contributed by atoms with Crippen LogP contribution in [0.4, 0.5) is 0 Å². The zero-order valence-corrected chi connectivity index (χ0v) is 28.7. The third-order valence-corrected chi connectivity index (χ3v) is 11.3. The van der Waals surface area contributed by atoms with Gasteiger partial charge < -0.3 is 0 Å². The summed E-state index contributed by atoms with van der Waals surface area (Å²) >= 11 is 0. The molecule has 0 spiro atoms. The zero-order chi connectivity index (χ0) is 31.2. The van der Waals surface area contributed by atoms with Crippen LogP contribution in [0.5, 0.6) is 0 Å². The highest BCUT2D eigenvalue weighted by molar-refractivity contribution is 7.46. The monoisotopic (exact) mass is 634 g/mol. The van der Waals surface area contributed by atoms with Gasteiger partial charge in [0.05, 0.1) is 0 Å². The average Bonchev–Trinajstić information content (AvgIpc) is 3.12. The molecule has 230 valence electrons. The molecule has 0 aromatic heterocycles. The lowest BCUT2D eigenvalue weighted by atomic mass is 9.97. The fraction of sp³-hybridized carbons (Fsp3) is 0.182. The first-order chi connectivity index (χ1) is 22.8. The molecule has 0 amide bonds. The largest absolute Gasteiger partial charge is 0.0859 e. The molecule has 0 N–H and O–H groups in total. The standard InChI is InChI=1S/C44H44P2/c1-3-13-35(14-4-1)17-11-19-37-25-29-41(30-26-37)45-33-39-21-7-9-23-43(39)44-24-10-8-22-40(44)34-46-42-31-27-38(28-32-42)20-12-18-36-15-5-2-6-16-36/h1-10,13-16,21-32,45-46H,11-12,17-20,33-34H2. The molecule has 0 aliphatic rings. The van der Waals surface area contributed by atoms with Gasteiger partial charge in [0.15, 0.2) is 0 Å². The van der Waals surface area contributed by atoms with Crippen molar-refractivity contribution in [2.45, 2.75) is 50.8 Å². The number of benzene rings is 6. The minimum atomic E-state index is 0.766. The van der Waals surface area contributed by atoms with E-state index in [1.54, 1.807) is 0 Å². The number of rotatable bonds is 15. The Hall–Kier alpha value is -3.82. The minimum absolute atomic E-state index is 0.766. The zero-order valence-electron chi connectivity index (χ0n) is 26.7. The van der Waals surface area contributed by atoms with Gasteiger partial charge in [0.2, 0.25) is 0 Å². The van der Waals surface area contributed by atoms with E-state index in [1.165, 1.54) is 68.0 Å². The van der Waals surface area contributed by atoms with Gasteiger partial charge in [-0.05, 0) is 106 Å². The summed E-state index contributed by atoms with van der Waals surface area (Å²) in [5.74, 6) is 0. The fourth-order valence-corrected chi connectivity index (χ4v) is 8.34. The lowest BCUT2D eigenvalue weighted by Crippen LogP contribution is -1.99. The van der Waals surface area contributed by atoms with Crippen LogP contribution in [0, 0.1) is 0 Å². The molecule has 0 saturated carbocycles. The third kappa shape index (κ3) is 9.59. The Morgan fingerprint density at radius 3 is 1.02 bits per heavy atom. The third-order valence-electron chi connectivity index (χ3n) is 8.75. The first-order valence-corrected chi connectivity index (χ1v) is 19.1. The van der Waals surface area contributed by atoms with Crippen molar-refractivity contribution in [1.82, 2.24) is 0 Å². The predicted octanol–water partition coefficient (Wildman–Crippen LogP) is 10.7. The summed E-state index contributed by atoms with van der Waals surface area (Å²) in [6.45, 7) is 0. The van der Waals surface area contributed by atoms with Crippen LogP contribution in [0.3, 0.4) is 0 Å². The van der Waals surface area contributed by atoms with Gasteiger partial charge in [0.25, 0.3) is 0 Å². The maximum absolute atomic E-state index is 2.35. The quantitative estimate of drug-likeness (QED) is 0.0986. The van der Waals surface area contributed by atoms with Crippen molar-refractivity contribution in [3.05, 3.63) is 191 Å². The van der Waals surface area contributed by atoms with Crippen LogP contribution < -0.4 is 10.6 Å². The Labute approximate surface area is 279 Å². The smallest absolute Gasteiger partial charge is 0.00541 e. The molecule has 0 bridgehead atoms. The summed E-state index contributed by atoms with van der Waals surface area (Å²) in [4.78, 5) is 0. The summed E-state index contributed by atoms with van der Waals surface area (Å²) < 4.78 is 0. The average molecular weight is 635 g/mol. The van der Waals surface area contributed by atoms with E-state index in [1.807, 2.05) is 0 Å². The molecule has 0 aliphatic heterocycles. The van der Waals surface area contributed by atoms with Crippen LogP contribution >= 0.6 is 17.2 Å². The van der Waals surface area contributed by atoms with E-state index in [9.17, 15) is 0 Å². The molecule has 6 aromatic rings. The second-order valence-corrected chi connectivity index (χ2v) is 14.7. The van der Waals surface area contributed by atoms with Crippen LogP contribution in [0.25, 0.3) is 11.1 Å². The molecule has 2 heteroatoms. The van der Waals surface area contributed by atoms with Gasteiger partial charge in [-0.3, -0.25) is 0 Å². The van der Waals surface area contributed by atoms with Crippen LogP contribution in [0.15, 0.2) is 158 Å². The van der Waals surface area contributed by atoms with Crippen molar-refractivity contribution in [2.75, 3.05) is 0 Å². The SMILES string of the molecule is c1ccc(CCCc2ccc(PCc3ccccc3-c3ccccc3CPc3ccc(CCCc4ccccc4)cc3)cc2)cc1. The second-order valence-electron chi connectivity index (χ2n) is 12.1. The molecule has 0 radical (unpaired) electrons. The lowest BCUT2D eigenvalue weighted by Gasteiger charge is -2.15. The summed E-state index contributed by atoms with van der Waals surface area (Å²) in [7, 11) is 1.53. The van der Waals surface area contributed by atoms with E-state index in [0.29, 0.717) is 0 Å². The van der Waals surface area contributed by atoms with Gasteiger partial charge in [-0.1, -0.05) is 175 Å². The van der Waals surface area contributed by atoms with E-state index in [0.717, 1.165) is 55.2 Å². The summed E-state index contributed by atoms with van der Waals surface area (Å²) in [6, 6.07) is 58.5. The van der Waals surface area contributed by atoms with Crippen molar-refractivity contribution >= 4 is 27.8 Å². The highest BCUT2D eigenvalue weighted by Crippen LogP contribution is 2.33. The molecule has 0 fully saturated rings. The molecule has 0 heterocycles. The van der Waals surface area contributed by atoms with Crippen LogP contribution in [0.2, 0.25) is 0 Å². The van der Waals surface area contributed by atoms with E-state index in [-0.39, 0.29) is 0 Å². The molecular formula is C44H44P2. The highest BCUT2D eigenvalue weighted by Gasteiger charge is 2.10. The van der Waals surface area contributed by atoms with Crippen LogP contribution in [-0.2, 0) is 38.0 Å². The Bertz CT molecular complexity index is 1620. The summed E-state index contributed by atoms with van der Waals surface area (Å²) in [5.41, 5.74) is 11.4. The number of hydrogen-bond acceptors (Lipinski definition) is 0. The molecular weight excluding hydrogens is 590 g/mol. The van der Waals surface area contributed by atoms with Gasteiger partial charge in [-0.25, -0.2) is 0 Å². The topological polar surface area (TPSA) is 0 Å². The Morgan fingerprint density at radius 1 is 0.304 bits per heavy atom. The van der Waals surface area contributed by atoms with Crippen molar-refractivity contribution in [1.29, 1.82) is 0 Å². The van der Waals surface area contributed by atoms with Crippen molar-refractivity contribution in [2.24, 2.45) is 0 Å². The maximum Gasteiger partial charge on any atom is -0.00541 e. The number of aryl methyl sites for hydroxylation is 4.